The Morgan fingerprint density at radius 3 is 1.32 bits per heavy atom. The highest BCUT2D eigenvalue weighted by Crippen LogP contribution is 2.37. The second-order valence-corrected chi connectivity index (χ2v) is 11.8. The Morgan fingerprint density at radius 1 is 0.647 bits per heavy atom. The van der Waals surface area contributed by atoms with Crippen molar-refractivity contribution in [3.05, 3.63) is 45.3 Å². The zero-order valence-electron chi connectivity index (χ0n) is 19.8. The largest absolute Gasteiger partial charge is 0.425 e. The molecule has 2 aliphatic carbocycles. The fourth-order valence-corrected chi connectivity index (χ4v) is 5.82. The van der Waals surface area contributed by atoms with Crippen LogP contribution in [0.4, 0.5) is 0 Å². The first-order valence-corrected chi connectivity index (χ1v) is 13.9. The fraction of sp³-hybridized carbons (Fsp3) is 0.500. The van der Waals surface area contributed by atoms with E-state index in [1.54, 1.807) is 0 Å². The lowest BCUT2D eigenvalue weighted by atomic mass is 9.83. The van der Waals surface area contributed by atoms with Gasteiger partial charge in [0.05, 0.1) is 20.8 Å². The quantitative estimate of drug-likeness (QED) is 0.259. The van der Waals surface area contributed by atoms with Crippen LogP contribution in [-0.4, -0.2) is 11.9 Å². The van der Waals surface area contributed by atoms with E-state index in [2.05, 4.69) is 45.7 Å². The normalized spacial score (nSPS) is 24.9. The van der Waals surface area contributed by atoms with Gasteiger partial charge in [-0.1, -0.05) is 26.0 Å². The van der Waals surface area contributed by atoms with Gasteiger partial charge in [0, 0.05) is 0 Å². The van der Waals surface area contributed by atoms with Crippen LogP contribution in [0.5, 0.6) is 11.5 Å². The molecule has 0 unspecified atom stereocenters. The summed E-state index contributed by atoms with van der Waals surface area (Å²) in [5.74, 6) is 2.18. The third-order valence-corrected chi connectivity index (χ3v) is 8.56. The third kappa shape index (κ3) is 6.31. The van der Waals surface area contributed by atoms with E-state index in [9.17, 15) is 9.59 Å². The Balaban J connectivity index is 1.40. The van der Waals surface area contributed by atoms with Gasteiger partial charge < -0.3 is 9.47 Å². The average Bonchev–Trinajstić information content (AvgIpc) is 2.82. The molecule has 2 aromatic carbocycles. The maximum atomic E-state index is 12.6. The third-order valence-electron chi connectivity index (χ3n) is 7.32. The highest BCUT2D eigenvalue weighted by molar-refractivity contribution is 9.11. The van der Waals surface area contributed by atoms with Gasteiger partial charge in [-0.25, -0.2) is 0 Å². The number of esters is 2. The van der Waals surface area contributed by atoms with Crippen molar-refractivity contribution >= 4 is 43.8 Å². The first-order chi connectivity index (χ1) is 16.3. The van der Waals surface area contributed by atoms with Crippen molar-refractivity contribution in [2.75, 3.05) is 0 Å². The van der Waals surface area contributed by atoms with Gasteiger partial charge in [0.15, 0.2) is 0 Å². The molecule has 0 heterocycles. The molecule has 4 rings (SSSR count). The van der Waals surface area contributed by atoms with Crippen LogP contribution in [0.1, 0.15) is 65.2 Å². The molecular weight excluding hydrogens is 560 g/mol. The summed E-state index contributed by atoms with van der Waals surface area (Å²) in [6.45, 7) is 4.48. The van der Waals surface area contributed by atoms with E-state index in [0.717, 1.165) is 71.4 Å². The van der Waals surface area contributed by atoms with E-state index in [4.69, 9.17) is 9.47 Å². The molecule has 0 spiro atoms. The van der Waals surface area contributed by atoms with Crippen molar-refractivity contribution in [3.63, 3.8) is 0 Å². The molecule has 0 aromatic heterocycles. The molecule has 0 saturated heterocycles. The molecule has 4 nitrogen and oxygen atoms in total. The minimum Gasteiger partial charge on any atom is -0.425 e. The van der Waals surface area contributed by atoms with E-state index in [0.29, 0.717) is 23.3 Å². The summed E-state index contributed by atoms with van der Waals surface area (Å²) >= 11 is 7.12. The molecule has 0 aliphatic heterocycles. The second kappa shape index (κ2) is 11.4. The van der Waals surface area contributed by atoms with E-state index < -0.39 is 0 Å². The zero-order chi connectivity index (χ0) is 24.2. The maximum Gasteiger partial charge on any atom is 0.314 e. The first-order valence-electron chi connectivity index (χ1n) is 12.3. The number of benzene rings is 2. The van der Waals surface area contributed by atoms with E-state index in [1.807, 2.05) is 36.4 Å². The Bertz CT molecular complexity index is 951. The fourth-order valence-electron chi connectivity index (χ4n) is 4.90. The van der Waals surface area contributed by atoms with E-state index in [1.165, 1.54) is 0 Å². The average molecular weight is 592 g/mol. The number of hydrogen-bond acceptors (Lipinski definition) is 4. The molecule has 34 heavy (non-hydrogen) atoms. The first kappa shape index (κ1) is 25.4. The molecule has 0 N–H and O–H groups in total. The molecule has 0 atom stereocenters. The van der Waals surface area contributed by atoms with Crippen LogP contribution >= 0.6 is 31.9 Å². The minimum absolute atomic E-state index is 0.00834. The number of ether oxygens (including phenoxy) is 2. The summed E-state index contributed by atoms with van der Waals surface area (Å²) < 4.78 is 12.9. The lowest BCUT2D eigenvalue weighted by Gasteiger charge is -2.24. The molecule has 2 fully saturated rings. The number of halogens is 2. The van der Waals surface area contributed by atoms with Gasteiger partial charge in [-0.15, -0.1) is 0 Å². The SMILES string of the molecule is C[C@H]1CC[C@H](C(=O)Oc2ccc(-c3ccc(OC(=O)[C@H]4CC[C@H](C)CC4)c(Br)c3)cc2Br)CC1. The van der Waals surface area contributed by atoms with Gasteiger partial charge in [0.1, 0.15) is 11.5 Å². The molecular formula is C28H32Br2O4. The van der Waals surface area contributed by atoms with E-state index >= 15 is 0 Å². The molecule has 182 valence electrons. The van der Waals surface area contributed by atoms with Crippen LogP contribution in [-0.2, 0) is 9.59 Å². The Morgan fingerprint density at radius 2 is 1.00 bits per heavy atom. The van der Waals surface area contributed by atoms with Crippen LogP contribution in [0.15, 0.2) is 45.3 Å². The van der Waals surface area contributed by atoms with Crippen molar-refractivity contribution in [1.82, 2.24) is 0 Å². The molecule has 2 aliphatic rings. The minimum atomic E-state index is -0.137. The maximum absolute atomic E-state index is 12.6. The monoisotopic (exact) mass is 590 g/mol. The molecule has 2 aromatic rings. The van der Waals surface area contributed by atoms with Gasteiger partial charge in [-0.2, -0.15) is 0 Å². The highest BCUT2D eigenvalue weighted by atomic mass is 79.9. The summed E-state index contributed by atoms with van der Waals surface area (Å²) in [7, 11) is 0. The second-order valence-electron chi connectivity index (χ2n) is 10.0. The Hall–Kier alpha value is -1.66. The summed E-state index contributed by atoms with van der Waals surface area (Å²) in [5.41, 5.74) is 1.94. The standard InChI is InChI=1S/C28H32Br2O4/c1-17-3-7-19(8-4-17)27(31)33-25-13-11-21(15-23(25)29)22-12-14-26(24(30)16-22)34-28(32)20-9-5-18(2)6-10-20/h11-20H,3-10H2,1-2H3/t17-,18-,19-,20-. The summed E-state index contributed by atoms with van der Waals surface area (Å²) in [6, 6.07) is 11.4. The van der Waals surface area contributed by atoms with Crippen molar-refractivity contribution in [2.45, 2.75) is 65.2 Å². The van der Waals surface area contributed by atoms with Crippen molar-refractivity contribution < 1.29 is 19.1 Å². The number of carbonyl (C=O) groups is 2. The Labute approximate surface area is 219 Å². The van der Waals surface area contributed by atoms with Gasteiger partial charge >= 0.3 is 11.9 Å². The summed E-state index contributed by atoms with van der Waals surface area (Å²) in [4.78, 5) is 25.2. The lowest BCUT2D eigenvalue weighted by Crippen LogP contribution is -2.25. The van der Waals surface area contributed by atoms with Crippen molar-refractivity contribution in [2.24, 2.45) is 23.7 Å². The number of hydrogen-bond donors (Lipinski definition) is 0. The Kier molecular flexibility index (Phi) is 8.52. The predicted octanol–water partition coefficient (Wildman–Crippen LogP) is 8.34. The van der Waals surface area contributed by atoms with Crippen molar-refractivity contribution in [1.29, 1.82) is 0 Å². The smallest absolute Gasteiger partial charge is 0.314 e. The van der Waals surface area contributed by atoms with Crippen LogP contribution in [0.25, 0.3) is 11.1 Å². The number of carbonyl (C=O) groups excluding carboxylic acids is 2. The van der Waals surface area contributed by atoms with Crippen LogP contribution in [0.3, 0.4) is 0 Å². The summed E-state index contributed by atoms with van der Waals surface area (Å²) in [6.07, 6.45) is 7.95. The molecule has 0 radical (unpaired) electrons. The van der Waals surface area contributed by atoms with Gasteiger partial charge in [-0.05, 0) is 130 Å². The van der Waals surface area contributed by atoms with Crippen LogP contribution < -0.4 is 9.47 Å². The highest BCUT2D eigenvalue weighted by Gasteiger charge is 2.27. The van der Waals surface area contributed by atoms with Crippen LogP contribution in [0, 0.1) is 23.7 Å². The zero-order valence-corrected chi connectivity index (χ0v) is 23.0. The van der Waals surface area contributed by atoms with Crippen molar-refractivity contribution in [3.8, 4) is 22.6 Å². The lowest BCUT2D eigenvalue weighted by molar-refractivity contribution is -0.141. The molecule has 0 bridgehead atoms. The molecule has 0 amide bonds. The molecule has 2 saturated carbocycles. The van der Waals surface area contributed by atoms with Gasteiger partial charge in [0.25, 0.3) is 0 Å². The van der Waals surface area contributed by atoms with Gasteiger partial charge in [-0.3, -0.25) is 9.59 Å². The van der Waals surface area contributed by atoms with Gasteiger partial charge in [0.2, 0.25) is 0 Å². The summed E-state index contributed by atoms with van der Waals surface area (Å²) in [5, 5.41) is 0. The van der Waals surface area contributed by atoms with E-state index in [-0.39, 0.29) is 23.8 Å². The number of rotatable bonds is 5. The predicted molar refractivity (Wildman–Crippen MR) is 141 cm³/mol. The van der Waals surface area contributed by atoms with Crippen LogP contribution in [0.2, 0.25) is 0 Å². The molecule has 6 heteroatoms. The topological polar surface area (TPSA) is 52.6 Å².